The van der Waals surface area contributed by atoms with Crippen molar-refractivity contribution < 1.29 is 13.9 Å². The molecule has 5 nitrogen and oxygen atoms in total. The fourth-order valence-electron chi connectivity index (χ4n) is 3.34. The van der Waals surface area contributed by atoms with Crippen LogP contribution in [0.5, 0.6) is 0 Å². The molecule has 0 radical (unpaired) electrons. The Morgan fingerprint density at radius 3 is 2.70 bits per heavy atom. The molecule has 0 saturated carbocycles. The Bertz CT molecular complexity index is 1060. The van der Waals surface area contributed by atoms with Crippen LogP contribution in [0.1, 0.15) is 22.8 Å². The molecule has 0 bridgehead atoms. The minimum absolute atomic E-state index is 0.0271. The van der Waals surface area contributed by atoms with Crippen LogP contribution in [0, 0.1) is 12.7 Å². The first kappa shape index (κ1) is 17.4. The Morgan fingerprint density at radius 1 is 1.22 bits per heavy atom. The van der Waals surface area contributed by atoms with Crippen LogP contribution in [0.2, 0.25) is 0 Å². The Morgan fingerprint density at radius 2 is 2.00 bits per heavy atom. The molecule has 0 unspecified atom stereocenters. The van der Waals surface area contributed by atoms with Crippen molar-refractivity contribution in [1.82, 2.24) is 10.3 Å². The number of hydrogen-bond donors (Lipinski definition) is 2. The van der Waals surface area contributed by atoms with Crippen LogP contribution in [0.4, 0.5) is 10.2 Å². The quantitative estimate of drug-likeness (QED) is 0.745. The number of nitrogen functional groups attached to an aromatic ring is 1. The number of amides is 1. The van der Waals surface area contributed by atoms with Gasteiger partial charge >= 0.3 is 0 Å². The van der Waals surface area contributed by atoms with Gasteiger partial charge in [0, 0.05) is 17.1 Å². The molecule has 1 aliphatic rings. The number of rotatable bonds is 3. The topological polar surface area (TPSA) is 77.2 Å². The number of fused-ring (bicyclic) bond motifs is 1. The summed E-state index contributed by atoms with van der Waals surface area (Å²) in [5, 5.41) is 4.64. The van der Waals surface area contributed by atoms with Crippen LogP contribution in [-0.4, -0.2) is 29.6 Å². The van der Waals surface area contributed by atoms with Crippen LogP contribution in [0.3, 0.4) is 0 Å². The van der Waals surface area contributed by atoms with E-state index in [2.05, 4.69) is 10.3 Å². The number of ether oxygens (including phenoxy) is 1. The molecular formula is C21H20FN3O2. The van der Waals surface area contributed by atoms with Gasteiger partial charge in [0.25, 0.3) is 5.91 Å². The second-order valence-electron chi connectivity index (χ2n) is 7.30. The zero-order chi connectivity index (χ0) is 19.2. The molecule has 27 heavy (non-hydrogen) atoms. The van der Waals surface area contributed by atoms with Gasteiger partial charge in [0.15, 0.2) is 0 Å². The monoisotopic (exact) mass is 365 g/mol. The van der Waals surface area contributed by atoms with E-state index in [9.17, 15) is 4.79 Å². The second-order valence-corrected chi connectivity index (χ2v) is 7.30. The van der Waals surface area contributed by atoms with Gasteiger partial charge in [-0.2, -0.15) is 0 Å². The molecule has 0 atom stereocenters. The van der Waals surface area contributed by atoms with Crippen molar-refractivity contribution in [3.63, 3.8) is 0 Å². The zero-order valence-electron chi connectivity index (χ0n) is 15.2. The Labute approximate surface area is 156 Å². The number of halogens is 1. The van der Waals surface area contributed by atoms with Gasteiger partial charge in [0.05, 0.1) is 24.3 Å². The minimum atomic E-state index is -0.529. The van der Waals surface area contributed by atoms with Gasteiger partial charge in [-0.3, -0.25) is 4.79 Å². The summed E-state index contributed by atoms with van der Waals surface area (Å²) in [4.78, 5) is 16.7. The Kier molecular flexibility index (Phi) is 4.08. The van der Waals surface area contributed by atoms with E-state index in [-0.39, 0.29) is 5.56 Å². The molecule has 6 heteroatoms. The van der Waals surface area contributed by atoms with Crippen LogP contribution >= 0.6 is 0 Å². The van der Waals surface area contributed by atoms with Gasteiger partial charge in [-0.1, -0.05) is 18.2 Å². The molecule has 3 N–H and O–H groups in total. The lowest BCUT2D eigenvalue weighted by Crippen LogP contribution is -2.60. The van der Waals surface area contributed by atoms with Gasteiger partial charge < -0.3 is 15.8 Å². The average molecular weight is 365 g/mol. The van der Waals surface area contributed by atoms with Crippen molar-refractivity contribution in [3.8, 4) is 11.1 Å². The molecule has 1 amide bonds. The summed E-state index contributed by atoms with van der Waals surface area (Å²) in [5.74, 6) is -0.529. The molecule has 3 aromatic rings. The molecule has 1 fully saturated rings. The minimum Gasteiger partial charge on any atom is -0.384 e. The van der Waals surface area contributed by atoms with Gasteiger partial charge in [0.2, 0.25) is 0 Å². The fraction of sp³-hybridized carbons (Fsp3) is 0.238. The van der Waals surface area contributed by atoms with Crippen LogP contribution in [0.15, 0.2) is 42.6 Å². The first-order chi connectivity index (χ1) is 12.9. The van der Waals surface area contributed by atoms with E-state index in [1.807, 2.05) is 32.0 Å². The molecule has 0 aliphatic carbocycles. The van der Waals surface area contributed by atoms with E-state index >= 15 is 4.39 Å². The van der Waals surface area contributed by atoms with Gasteiger partial charge in [-0.05, 0) is 48.6 Å². The molecule has 1 saturated heterocycles. The summed E-state index contributed by atoms with van der Waals surface area (Å²) in [6.07, 6.45) is 1.66. The van der Waals surface area contributed by atoms with Crippen molar-refractivity contribution in [1.29, 1.82) is 0 Å². The van der Waals surface area contributed by atoms with Crippen LogP contribution in [0.25, 0.3) is 21.9 Å². The maximum absolute atomic E-state index is 15.3. The number of carbonyl (C=O) groups is 1. The number of nitrogens with zero attached hydrogens (tertiary/aromatic N) is 1. The first-order valence-corrected chi connectivity index (χ1v) is 8.71. The summed E-state index contributed by atoms with van der Waals surface area (Å²) in [5.41, 5.74) is 7.16. The average Bonchev–Trinajstić information content (AvgIpc) is 2.60. The number of nitrogens with two attached hydrogens (primary N) is 1. The molecule has 138 valence electrons. The highest BCUT2D eigenvalue weighted by atomic mass is 19.1. The maximum Gasteiger partial charge on any atom is 0.254 e. The smallest absolute Gasteiger partial charge is 0.254 e. The van der Waals surface area contributed by atoms with E-state index in [4.69, 9.17) is 10.5 Å². The van der Waals surface area contributed by atoms with E-state index in [0.29, 0.717) is 30.2 Å². The van der Waals surface area contributed by atoms with E-state index in [1.54, 1.807) is 18.3 Å². The molecule has 1 aromatic heterocycles. The summed E-state index contributed by atoms with van der Waals surface area (Å²) < 4.78 is 20.4. The number of benzene rings is 2. The number of nitrogens with one attached hydrogen (secondary N) is 1. The number of anilines is 1. The second kappa shape index (κ2) is 6.32. The number of aryl methyl sites for hydroxylation is 1. The molecule has 4 rings (SSSR count). The van der Waals surface area contributed by atoms with Gasteiger partial charge in [0.1, 0.15) is 11.6 Å². The molecule has 2 aromatic carbocycles. The summed E-state index contributed by atoms with van der Waals surface area (Å²) in [6.45, 7) is 4.57. The lowest BCUT2D eigenvalue weighted by atomic mass is 9.94. The molecule has 2 heterocycles. The van der Waals surface area contributed by atoms with Gasteiger partial charge in [-0.25, -0.2) is 9.37 Å². The summed E-state index contributed by atoms with van der Waals surface area (Å²) in [6, 6.07) is 10.6. The fourth-order valence-corrected chi connectivity index (χ4v) is 3.34. The number of aromatic nitrogens is 1. The first-order valence-electron chi connectivity index (χ1n) is 8.71. The van der Waals surface area contributed by atoms with Crippen LogP contribution < -0.4 is 11.1 Å². The Hall–Kier alpha value is -2.99. The zero-order valence-corrected chi connectivity index (χ0v) is 15.2. The Balaban J connectivity index is 1.76. The van der Waals surface area contributed by atoms with E-state index < -0.39 is 17.3 Å². The lowest BCUT2D eigenvalue weighted by molar-refractivity contribution is -0.0594. The van der Waals surface area contributed by atoms with Crippen molar-refractivity contribution in [2.45, 2.75) is 19.4 Å². The third-order valence-corrected chi connectivity index (χ3v) is 4.88. The molecule has 0 spiro atoms. The SMILES string of the molecule is Cc1ccc(C(=O)NC2(C)COC2)c(F)c1-c1ccc2cc(N)ncc2c1. The largest absolute Gasteiger partial charge is 0.384 e. The van der Waals surface area contributed by atoms with Crippen molar-refractivity contribution in [3.05, 3.63) is 59.5 Å². The maximum atomic E-state index is 15.3. The highest BCUT2D eigenvalue weighted by Gasteiger charge is 2.35. The highest BCUT2D eigenvalue weighted by Crippen LogP contribution is 2.31. The standard InChI is InChI=1S/C21H20FN3O2/c1-12-3-6-16(20(26)25-21(2)10-27-11-21)19(22)18(12)14-5-4-13-8-17(23)24-9-15(13)7-14/h3-9H,10-11H2,1-2H3,(H2,23,24)(H,25,26). The number of hydrogen-bond acceptors (Lipinski definition) is 4. The number of pyridine rings is 1. The van der Waals surface area contributed by atoms with Crippen molar-refractivity contribution in [2.75, 3.05) is 18.9 Å². The van der Waals surface area contributed by atoms with E-state index in [0.717, 1.165) is 16.3 Å². The third-order valence-electron chi connectivity index (χ3n) is 4.88. The normalized spacial score (nSPS) is 15.4. The van der Waals surface area contributed by atoms with Gasteiger partial charge in [-0.15, -0.1) is 0 Å². The number of carbonyl (C=O) groups excluding carboxylic acids is 1. The predicted octanol–water partition coefficient (Wildman–Crippen LogP) is 3.45. The summed E-state index contributed by atoms with van der Waals surface area (Å²) >= 11 is 0. The summed E-state index contributed by atoms with van der Waals surface area (Å²) in [7, 11) is 0. The molecule has 1 aliphatic heterocycles. The lowest BCUT2D eigenvalue weighted by Gasteiger charge is -2.38. The van der Waals surface area contributed by atoms with Crippen molar-refractivity contribution >= 4 is 22.5 Å². The van der Waals surface area contributed by atoms with E-state index in [1.165, 1.54) is 6.07 Å². The highest BCUT2D eigenvalue weighted by molar-refractivity contribution is 5.97. The van der Waals surface area contributed by atoms with Crippen molar-refractivity contribution in [2.24, 2.45) is 0 Å². The van der Waals surface area contributed by atoms with Crippen LogP contribution in [-0.2, 0) is 4.74 Å². The molecular weight excluding hydrogens is 345 g/mol. The third kappa shape index (κ3) is 3.13. The predicted molar refractivity (Wildman–Crippen MR) is 103 cm³/mol.